The van der Waals surface area contributed by atoms with E-state index < -0.39 is 0 Å². The van der Waals surface area contributed by atoms with Crippen molar-refractivity contribution in [2.24, 2.45) is 5.41 Å². The second-order valence-electron chi connectivity index (χ2n) is 7.79. The number of carbonyl (C=O) groups excluding carboxylic acids is 2. The molecule has 0 fully saturated rings. The lowest BCUT2D eigenvalue weighted by molar-refractivity contribution is -0.116. The molecular formula is C20H20N4O3S. The van der Waals surface area contributed by atoms with Gasteiger partial charge in [0.05, 0.1) is 27.8 Å². The van der Waals surface area contributed by atoms with Gasteiger partial charge in [0.15, 0.2) is 10.9 Å². The molecule has 7 nitrogen and oxygen atoms in total. The van der Waals surface area contributed by atoms with Gasteiger partial charge in [0.25, 0.3) is 5.56 Å². The summed E-state index contributed by atoms with van der Waals surface area (Å²) in [6, 6.07) is 7.11. The maximum absolute atomic E-state index is 12.5. The third kappa shape index (κ3) is 3.60. The monoisotopic (exact) mass is 396 g/mol. The van der Waals surface area contributed by atoms with Gasteiger partial charge in [-0.3, -0.25) is 19.0 Å². The molecule has 3 aromatic rings. The Bertz CT molecular complexity index is 1150. The summed E-state index contributed by atoms with van der Waals surface area (Å²) in [5.74, 6) is -0.170. The first-order valence-electron chi connectivity index (χ1n) is 9.09. The zero-order chi connectivity index (χ0) is 19.9. The van der Waals surface area contributed by atoms with Crippen LogP contribution in [0.4, 0.5) is 5.13 Å². The number of ketones is 1. The first kappa shape index (κ1) is 18.5. The van der Waals surface area contributed by atoms with Crippen LogP contribution in [0.5, 0.6) is 0 Å². The van der Waals surface area contributed by atoms with E-state index in [1.165, 1.54) is 22.2 Å². The molecule has 1 aromatic carbocycles. The number of hydrogen-bond donors (Lipinski definition) is 1. The quantitative estimate of drug-likeness (QED) is 0.731. The molecule has 2 heterocycles. The minimum atomic E-state index is -0.252. The van der Waals surface area contributed by atoms with Gasteiger partial charge in [0.2, 0.25) is 5.91 Å². The lowest BCUT2D eigenvalue weighted by Crippen LogP contribution is -2.26. The van der Waals surface area contributed by atoms with Crippen LogP contribution in [-0.2, 0) is 17.8 Å². The number of hydrogen-bond acceptors (Lipinski definition) is 6. The zero-order valence-electron chi connectivity index (χ0n) is 15.7. The smallest absolute Gasteiger partial charge is 0.261 e. The van der Waals surface area contributed by atoms with Crippen LogP contribution in [0.15, 0.2) is 35.4 Å². The molecule has 4 rings (SSSR count). The number of benzene rings is 1. The Balaban J connectivity index is 1.44. The van der Waals surface area contributed by atoms with E-state index in [9.17, 15) is 14.4 Å². The molecule has 144 valence electrons. The number of Topliss-reactive ketones (excluding diaryl/α,β-unsaturated/α-hetero) is 1. The molecule has 0 aliphatic heterocycles. The highest BCUT2D eigenvalue weighted by Crippen LogP contribution is 2.38. The SMILES string of the molecule is CC1(C)CC(=O)c2sc(NC(=O)CCn3cnc4ccccc4c3=O)nc2C1. The van der Waals surface area contributed by atoms with Crippen molar-refractivity contribution in [1.82, 2.24) is 14.5 Å². The number of amides is 1. The van der Waals surface area contributed by atoms with Gasteiger partial charge in [0.1, 0.15) is 0 Å². The first-order valence-corrected chi connectivity index (χ1v) is 9.91. The standard InChI is InChI=1S/C20H20N4O3S/c1-20(2)9-14-17(15(25)10-20)28-19(22-14)23-16(26)7-8-24-11-21-13-6-4-3-5-12(13)18(24)27/h3-6,11H,7-10H2,1-2H3,(H,22,23,26). The molecule has 0 spiro atoms. The van der Waals surface area contributed by atoms with Crippen LogP contribution in [0.2, 0.25) is 0 Å². The second-order valence-corrected chi connectivity index (χ2v) is 8.79. The molecular weight excluding hydrogens is 376 g/mol. The van der Waals surface area contributed by atoms with Crippen LogP contribution < -0.4 is 10.9 Å². The van der Waals surface area contributed by atoms with Crippen molar-refractivity contribution < 1.29 is 9.59 Å². The number of aromatic nitrogens is 3. The average molecular weight is 396 g/mol. The number of carbonyl (C=O) groups is 2. The molecule has 0 bridgehead atoms. The van der Waals surface area contributed by atoms with Crippen LogP contribution in [0.3, 0.4) is 0 Å². The maximum Gasteiger partial charge on any atom is 0.261 e. The highest BCUT2D eigenvalue weighted by atomic mass is 32.1. The summed E-state index contributed by atoms with van der Waals surface area (Å²) in [4.78, 5) is 46.4. The lowest BCUT2D eigenvalue weighted by atomic mass is 9.78. The number of fused-ring (bicyclic) bond motifs is 2. The summed E-state index contributed by atoms with van der Waals surface area (Å²) in [6.07, 6.45) is 2.79. The summed E-state index contributed by atoms with van der Waals surface area (Å²) >= 11 is 1.23. The molecule has 0 saturated carbocycles. The van der Waals surface area contributed by atoms with E-state index in [1.807, 2.05) is 19.9 Å². The molecule has 0 atom stereocenters. The molecule has 0 unspecified atom stereocenters. The van der Waals surface area contributed by atoms with Gasteiger partial charge in [-0.15, -0.1) is 0 Å². The topological polar surface area (TPSA) is 94.0 Å². The van der Waals surface area contributed by atoms with Gasteiger partial charge in [-0.25, -0.2) is 9.97 Å². The van der Waals surface area contributed by atoms with Crippen molar-refractivity contribution >= 4 is 39.1 Å². The molecule has 0 saturated heterocycles. The summed E-state index contributed by atoms with van der Waals surface area (Å²) in [5.41, 5.74) is 1.12. The Kier molecular flexibility index (Phi) is 4.58. The summed E-state index contributed by atoms with van der Waals surface area (Å²) < 4.78 is 1.43. The minimum absolute atomic E-state index is 0.0815. The van der Waals surface area contributed by atoms with E-state index in [0.29, 0.717) is 27.3 Å². The highest BCUT2D eigenvalue weighted by Gasteiger charge is 2.34. The molecule has 2 aromatic heterocycles. The minimum Gasteiger partial charge on any atom is -0.302 e. The molecule has 1 amide bonds. The number of thiazole rings is 1. The van der Waals surface area contributed by atoms with Gasteiger partial charge in [-0.1, -0.05) is 37.3 Å². The van der Waals surface area contributed by atoms with Gasteiger partial charge < -0.3 is 5.32 Å². The van der Waals surface area contributed by atoms with E-state index in [0.717, 1.165) is 12.1 Å². The largest absolute Gasteiger partial charge is 0.302 e. The molecule has 1 aliphatic rings. The molecule has 8 heteroatoms. The fraction of sp³-hybridized carbons (Fsp3) is 0.350. The third-order valence-electron chi connectivity index (χ3n) is 4.79. The number of nitrogens with zero attached hydrogens (tertiary/aromatic N) is 3. The van der Waals surface area contributed by atoms with Crippen molar-refractivity contribution in [2.75, 3.05) is 5.32 Å². The van der Waals surface area contributed by atoms with Crippen molar-refractivity contribution in [1.29, 1.82) is 0 Å². The first-order chi connectivity index (χ1) is 13.3. The lowest BCUT2D eigenvalue weighted by Gasteiger charge is -2.26. The van der Waals surface area contributed by atoms with Crippen molar-refractivity contribution in [2.45, 2.75) is 39.7 Å². The average Bonchev–Trinajstić information content (AvgIpc) is 3.02. The van der Waals surface area contributed by atoms with Crippen LogP contribution in [0, 0.1) is 5.41 Å². The van der Waals surface area contributed by atoms with E-state index >= 15 is 0 Å². The van der Waals surface area contributed by atoms with Crippen LogP contribution in [0.1, 0.15) is 42.1 Å². The number of rotatable bonds is 4. The number of nitrogens with one attached hydrogen (secondary N) is 1. The number of para-hydroxylation sites is 1. The summed E-state index contributed by atoms with van der Waals surface area (Å²) in [6.45, 7) is 4.31. The van der Waals surface area contributed by atoms with Gasteiger partial charge in [0, 0.05) is 19.4 Å². The fourth-order valence-electron chi connectivity index (χ4n) is 3.44. The predicted molar refractivity (Wildman–Crippen MR) is 108 cm³/mol. The van der Waals surface area contributed by atoms with Gasteiger partial charge in [-0.05, 0) is 24.0 Å². The zero-order valence-corrected chi connectivity index (χ0v) is 16.5. The third-order valence-corrected chi connectivity index (χ3v) is 5.85. The fourth-order valence-corrected chi connectivity index (χ4v) is 4.38. The normalized spacial score (nSPS) is 15.4. The van der Waals surface area contributed by atoms with E-state index in [1.54, 1.807) is 18.2 Å². The van der Waals surface area contributed by atoms with E-state index in [2.05, 4.69) is 15.3 Å². The van der Waals surface area contributed by atoms with Crippen LogP contribution in [0.25, 0.3) is 10.9 Å². The predicted octanol–water partition coefficient (Wildman–Crippen LogP) is 3.04. The molecule has 1 aliphatic carbocycles. The Labute approximate surface area is 165 Å². The second kappa shape index (κ2) is 6.94. The van der Waals surface area contributed by atoms with Crippen molar-refractivity contribution in [3.05, 3.63) is 51.5 Å². The van der Waals surface area contributed by atoms with Crippen LogP contribution >= 0.6 is 11.3 Å². The molecule has 28 heavy (non-hydrogen) atoms. The Hall–Kier alpha value is -2.87. The summed E-state index contributed by atoms with van der Waals surface area (Å²) in [7, 11) is 0. The van der Waals surface area contributed by atoms with Crippen molar-refractivity contribution in [3.8, 4) is 0 Å². The van der Waals surface area contributed by atoms with Gasteiger partial charge >= 0.3 is 0 Å². The summed E-state index contributed by atoms with van der Waals surface area (Å²) in [5, 5.41) is 3.72. The number of aryl methyl sites for hydroxylation is 1. The molecule has 0 radical (unpaired) electrons. The van der Waals surface area contributed by atoms with Crippen LogP contribution in [-0.4, -0.2) is 26.2 Å². The highest BCUT2D eigenvalue weighted by molar-refractivity contribution is 7.17. The maximum atomic E-state index is 12.5. The Morgan fingerprint density at radius 2 is 2.04 bits per heavy atom. The van der Waals surface area contributed by atoms with E-state index in [-0.39, 0.29) is 35.6 Å². The Morgan fingerprint density at radius 3 is 2.86 bits per heavy atom. The van der Waals surface area contributed by atoms with Crippen molar-refractivity contribution in [3.63, 3.8) is 0 Å². The molecule has 1 N–H and O–H groups in total. The van der Waals surface area contributed by atoms with Gasteiger partial charge in [-0.2, -0.15) is 0 Å². The Morgan fingerprint density at radius 1 is 1.25 bits per heavy atom. The van der Waals surface area contributed by atoms with E-state index in [4.69, 9.17) is 0 Å². The number of anilines is 1.